The molecule has 1 aliphatic heterocycles. The van der Waals surface area contributed by atoms with Crippen LogP contribution in [0.15, 0.2) is 77.8 Å². The molecule has 154 valence electrons. The SMILES string of the molecule is O=C(CN1CN(c2cccc(F)c2)c2ncccc2S1(=O)=O)NCc1ccccc1. The molecule has 0 aliphatic carbocycles. The summed E-state index contributed by atoms with van der Waals surface area (Å²) < 4.78 is 41.0. The summed E-state index contributed by atoms with van der Waals surface area (Å²) in [5.41, 5.74) is 1.35. The highest BCUT2D eigenvalue weighted by Crippen LogP contribution is 2.36. The number of nitrogens with zero attached hydrogens (tertiary/aromatic N) is 3. The molecule has 1 aromatic heterocycles. The molecule has 0 atom stereocenters. The summed E-state index contributed by atoms with van der Waals surface area (Å²) in [5, 5.41) is 2.73. The van der Waals surface area contributed by atoms with Gasteiger partial charge in [0.05, 0.1) is 13.2 Å². The number of benzene rings is 2. The van der Waals surface area contributed by atoms with Gasteiger partial charge in [0.2, 0.25) is 15.9 Å². The number of hydrogen-bond acceptors (Lipinski definition) is 5. The molecule has 1 amide bonds. The second-order valence-corrected chi connectivity index (χ2v) is 8.66. The van der Waals surface area contributed by atoms with Gasteiger partial charge in [-0.1, -0.05) is 36.4 Å². The number of sulfonamides is 1. The highest BCUT2D eigenvalue weighted by molar-refractivity contribution is 7.89. The van der Waals surface area contributed by atoms with Crippen molar-refractivity contribution in [3.8, 4) is 0 Å². The highest BCUT2D eigenvalue weighted by atomic mass is 32.2. The Labute approximate surface area is 173 Å². The second kappa shape index (κ2) is 8.21. The fourth-order valence-electron chi connectivity index (χ4n) is 3.22. The summed E-state index contributed by atoms with van der Waals surface area (Å²) >= 11 is 0. The van der Waals surface area contributed by atoms with Gasteiger partial charge in [0, 0.05) is 18.4 Å². The summed E-state index contributed by atoms with van der Waals surface area (Å²) in [7, 11) is -3.94. The maximum atomic E-state index is 13.8. The van der Waals surface area contributed by atoms with Gasteiger partial charge in [0.15, 0.2) is 5.82 Å². The Bertz CT molecular complexity index is 1170. The van der Waals surface area contributed by atoms with E-state index in [2.05, 4.69) is 10.3 Å². The summed E-state index contributed by atoms with van der Waals surface area (Å²) in [5.74, 6) is -0.691. The molecule has 0 unspecified atom stereocenters. The number of aromatic nitrogens is 1. The van der Waals surface area contributed by atoms with Crippen LogP contribution >= 0.6 is 0 Å². The molecule has 7 nitrogen and oxygen atoms in total. The quantitative estimate of drug-likeness (QED) is 0.678. The fraction of sp³-hybridized carbons (Fsp3) is 0.143. The zero-order valence-corrected chi connectivity index (χ0v) is 16.7. The average Bonchev–Trinajstić information content (AvgIpc) is 2.75. The minimum absolute atomic E-state index is 0.0311. The van der Waals surface area contributed by atoms with Crippen LogP contribution < -0.4 is 10.2 Å². The molecule has 0 fully saturated rings. The molecule has 1 N–H and O–H groups in total. The van der Waals surface area contributed by atoms with Gasteiger partial charge in [0.25, 0.3) is 0 Å². The van der Waals surface area contributed by atoms with E-state index in [1.54, 1.807) is 11.0 Å². The van der Waals surface area contributed by atoms with E-state index in [0.717, 1.165) is 9.87 Å². The Kier molecular flexibility index (Phi) is 5.47. The van der Waals surface area contributed by atoms with Gasteiger partial charge < -0.3 is 10.2 Å². The van der Waals surface area contributed by atoms with E-state index in [9.17, 15) is 17.6 Å². The first-order valence-corrected chi connectivity index (χ1v) is 10.7. The zero-order chi connectivity index (χ0) is 21.1. The second-order valence-electron chi connectivity index (χ2n) is 6.75. The van der Waals surface area contributed by atoms with Crippen LogP contribution in [0.25, 0.3) is 0 Å². The largest absolute Gasteiger partial charge is 0.351 e. The normalized spacial score (nSPS) is 15.4. The van der Waals surface area contributed by atoms with Gasteiger partial charge in [-0.15, -0.1) is 0 Å². The minimum Gasteiger partial charge on any atom is -0.351 e. The van der Waals surface area contributed by atoms with Crippen molar-refractivity contribution in [2.45, 2.75) is 11.4 Å². The number of hydrogen-bond donors (Lipinski definition) is 1. The molecule has 0 spiro atoms. The van der Waals surface area contributed by atoms with Gasteiger partial charge in [-0.3, -0.25) is 4.79 Å². The van der Waals surface area contributed by atoms with Crippen molar-refractivity contribution in [3.05, 3.63) is 84.3 Å². The third-order valence-corrected chi connectivity index (χ3v) is 6.49. The molecule has 4 rings (SSSR count). The summed E-state index contributed by atoms with van der Waals surface area (Å²) in [4.78, 5) is 18.2. The van der Waals surface area contributed by atoms with Crippen molar-refractivity contribution in [2.75, 3.05) is 18.1 Å². The van der Waals surface area contributed by atoms with Crippen molar-refractivity contribution in [1.29, 1.82) is 0 Å². The molecule has 1 aliphatic rings. The van der Waals surface area contributed by atoms with E-state index < -0.39 is 21.7 Å². The lowest BCUT2D eigenvalue weighted by molar-refractivity contribution is -0.121. The van der Waals surface area contributed by atoms with Crippen molar-refractivity contribution in [2.24, 2.45) is 0 Å². The monoisotopic (exact) mass is 426 g/mol. The van der Waals surface area contributed by atoms with Crippen LogP contribution in [0.5, 0.6) is 0 Å². The number of nitrogens with one attached hydrogen (secondary N) is 1. The van der Waals surface area contributed by atoms with Crippen LogP contribution in [0.3, 0.4) is 0 Å². The smallest absolute Gasteiger partial charge is 0.248 e. The third kappa shape index (κ3) is 4.03. The van der Waals surface area contributed by atoms with Gasteiger partial charge in [-0.25, -0.2) is 17.8 Å². The molecule has 0 saturated heterocycles. The van der Waals surface area contributed by atoms with Gasteiger partial charge in [-0.2, -0.15) is 4.31 Å². The Morgan fingerprint density at radius 2 is 1.87 bits per heavy atom. The number of carbonyl (C=O) groups is 1. The Hall–Kier alpha value is -3.30. The lowest BCUT2D eigenvalue weighted by Crippen LogP contribution is -2.48. The van der Waals surface area contributed by atoms with Crippen molar-refractivity contribution < 1.29 is 17.6 Å². The Morgan fingerprint density at radius 1 is 1.07 bits per heavy atom. The molecule has 30 heavy (non-hydrogen) atoms. The average molecular weight is 426 g/mol. The van der Waals surface area contributed by atoms with Crippen LogP contribution in [0.2, 0.25) is 0 Å². The van der Waals surface area contributed by atoms with E-state index in [4.69, 9.17) is 0 Å². The predicted molar refractivity (Wildman–Crippen MR) is 110 cm³/mol. The summed E-state index contributed by atoms with van der Waals surface area (Å²) in [6, 6.07) is 18.1. The Morgan fingerprint density at radius 3 is 2.63 bits per heavy atom. The number of rotatable bonds is 5. The first kappa shape index (κ1) is 20.0. The van der Waals surface area contributed by atoms with Crippen molar-refractivity contribution in [3.63, 3.8) is 0 Å². The number of carbonyl (C=O) groups excluding carboxylic acids is 1. The van der Waals surface area contributed by atoms with Gasteiger partial charge in [0.1, 0.15) is 10.7 Å². The minimum atomic E-state index is -3.94. The Balaban J connectivity index is 1.60. The molecule has 2 heterocycles. The van der Waals surface area contributed by atoms with E-state index in [1.165, 1.54) is 36.5 Å². The lowest BCUT2D eigenvalue weighted by Gasteiger charge is -2.36. The number of anilines is 2. The molecule has 3 aromatic rings. The van der Waals surface area contributed by atoms with Crippen LogP contribution in [0.4, 0.5) is 15.9 Å². The van der Waals surface area contributed by atoms with Crippen LogP contribution in [0, 0.1) is 5.82 Å². The molecular formula is C21H19FN4O3S. The molecule has 0 bridgehead atoms. The topological polar surface area (TPSA) is 82.6 Å². The summed E-state index contributed by atoms with van der Waals surface area (Å²) in [6.45, 7) is -0.233. The van der Waals surface area contributed by atoms with Crippen molar-refractivity contribution in [1.82, 2.24) is 14.6 Å². The van der Waals surface area contributed by atoms with E-state index >= 15 is 0 Å². The molecule has 2 aromatic carbocycles. The zero-order valence-electron chi connectivity index (χ0n) is 15.9. The van der Waals surface area contributed by atoms with Crippen molar-refractivity contribution >= 4 is 27.4 Å². The molecule has 0 radical (unpaired) electrons. The lowest BCUT2D eigenvalue weighted by atomic mass is 10.2. The fourth-order valence-corrected chi connectivity index (χ4v) is 4.70. The van der Waals surface area contributed by atoms with E-state index in [-0.39, 0.29) is 23.9 Å². The number of amides is 1. The van der Waals surface area contributed by atoms with E-state index in [1.807, 2.05) is 30.3 Å². The standard InChI is InChI=1S/C21H19FN4O3S/c22-17-8-4-9-18(12-17)26-15-25(30(28,29)19-10-5-11-23-21(19)26)14-20(27)24-13-16-6-2-1-3-7-16/h1-12H,13-15H2,(H,24,27). The number of pyridine rings is 1. The number of halogens is 1. The van der Waals surface area contributed by atoms with Crippen LogP contribution in [0.1, 0.15) is 5.56 Å². The van der Waals surface area contributed by atoms with Crippen LogP contribution in [-0.2, 0) is 21.4 Å². The highest BCUT2D eigenvalue weighted by Gasteiger charge is 2.38. The molecule has 0 saturated carbocycles. The maximum Gasteiger partial charge on any atom is 0.248 e. The predicted octanol–water partition coefficient (Wildman–Crippen LogP) is 2.64. The van der Waals surface area contributed by atoms with E-state index in [0.29, 0.717) is 12.2 Å². The first-order chi connectivity index (χ1) is 14.4. The van der Waals surface area contributed by atoms with Crippen LogP contribution in [-0.4, -0.2) is 36.8 Å². The first-order valence-electron chi connectivity index (χ1n) is 9.24. The molecular weight excluding hydrogens is 407 g/mol. The van der Waals surface area contributed by atoms with Gasteiger partial charge >= 0.3 is 0 Å². The molecule has 9 heteroatoms. The maximum absolute atomic E-state index is 13.8. The van der Waals surface area contributed by atoms with Gasteiger partial charge in [-0.05, 0) is 35.9 Å². The summed E-state index contributed by atoms with van der Waals surface area (Å²) in [6.07, 6.45) is 1.48. The third-order valence-electron chi connectivity index (χ3n) is 4.70. The number of fused-ring (bicyclic) bond motifs is 1.